The molecule has 0 aliphatic carbocycles. The highest BCUT2D eigenvalue weighted by molar-refractivity contribution is 6.00. The van der Waals surface area contributed by atoms with Crippen molar-refractivity contribution in [3.8, 4) is 11.3 Å². The van der Waals surface area contributed by atoms with Gasteiger partial charge in [-0.25, -0.2) is 9.37 Å². The van der Waals surface area contributed by atoms with Gasteiger partial charge in [0.25, 0.3) is 5.91 Å². The fourth-order valence-corrected chi connectivity index (χ4v) is 2.49. The molecule has 2 heterocycles. The molecule has 0 saturated carbocycles. The second kappa shape index (κ2) is 6.66. The normalized spacial score (nSPS) is 10.8. The predicted molar refractivity (Wildman–Crippen MR) is 85.9 cm³/mol. The van der Waals surface area contributed by atoms with Gasteiger partial charge in [-0.1, -0.05) is 17.3 Å². The van der Waals surface area contributed by atoms with Crippen molar-refractivity contribution in [2.24, 2.45) is 7.05 Å². The van der Waals surface area contributed by atoms with E-state index in [1.54, 1.807) is 37.6 Å². The fourth-order valence-electron chi connectivity index (χ4n) is 2.49. The van der Waals surface area contributed by atoms with Crippen LogP contribution in [0.5, 0.6) is 0 Å². The minimum atomic E-state index is -0.449. The molecule has 7 heteroatoms. The van der Waals surface area contributed by atoms with Crippen LogP contribution in [0.4, 0.5) is 4.39 Å². The Morgan fingerprint density at radius 3 is 2.88 bits per heavy atom. The third-order valence-corrected chi connectivity index (χ3v) is 3.80. The Morgan fingerprint density at radius 2 is 2.17 bits per heavy atom. The third kappa shape index (κ3) is 3.05. The molecule has 0 bridgehead atoms. The molecule has 1 amide bonds. The Labute approximate surface area is 138 Å². The maximum Gasteiger partial charge on any atom is 0.257 e. The standard InChI is InChI=1S/C17H17FN4O2/c1-11-15(16(21-24-11)13-5-3-4-6-14(13)18)17(23)20-8-7-12-9-19-10-22(12)2/h3-6,9-10H,7-8H2,1-2H3,(H,20,23). The van der Waals surface area contributed by atoms with Crippen molar-refractivity contribution in [3.05, 3.63) is 59.6 Å². The van der Waals surface area contributed by atoms with E-state index in [2.05, 4.69) is 15.5 Å². The third-order valence-electron chi connectivity index (χ3n) is 3.80. The summed E-state index contributed by atoms with van der Waals surface area (Å²) in [5.41, 5.74) is 1.71. The van der Waals surface area contributed by atoms with Crippen LogP contribution in [0.25, 0.3) is 11.3 Å². The Kier molecular flexibility index (Phi) is 4.41. The molecule has 0 fully saturated rings. The number of imidazole rings is 1. The first-order valence-corrected chi connectivity index (χ1v) is 7.52. The lowest BCUT2D eigenvalue weighted by Gasteiger charge is -2.07. The van der Waals surface area contributed by atoms with Crippen LogP contribution in [0.3, 0.4) is 0 Å². The molecule has 3 rings (SSSR count). The molecule has 2 aromatic heterocycles. The van der Waals surface area contributed by atoms with Crippen LogP contribution in [0.15, 0.2) is 41.3 Å². The molecule has 3 aromatic rings. The van der Waals surface area contributed by atoms with Crippen molar-refractivity contribution < 1.29 is 13.7 Å². The minimum Gasteiger partial charge on any atom is -0.360 e. The predicted octanol–water partition coefficient (Wildman–Crippen LogP) is 2.50. The van der Waals surface area contributed by atoms with Gasteiger partial charge in [0.1, 0.15) is 22.8 Å². The second-order valence-electron chi connectivity index (χ2n) is 5.44. The van der Waals surface area contributed by atoms with E-state index < -0.39 is 5.82 Å². The molecule has 1 aromatic carbocycles. The van der Waals surface area contributed by atoms with Crippen LogP contribution in [0.2, 0.25) is 0 Å². The molecule has 0 saturated heterocycles. The number of rotatable bonds is 5. The van der Waals surface area contributed by atoms with Gasteiger partial charge < -0.3 is 14.4 Å². The van der Waals surface area contributed by atoms with Crippen molar-refractivity contribution in [2.75, 3.05) is 6.54 Å². The van der Waals surface area contributed by atoms with E-state index in [0.717, 1.165) is 5.69 Å². The van der Waals surface area contributed by atoms with Crippen molar-refractivity contribution in [2.45, 2.75) is 13.3 Å². The van der Waals surface area contributed by atoms with Gasteiger partial charge in [0.15, 0.2) is 0 Å². The summed E-state index contributed by atoms with van der Waals surface area (Å²) in [5, 5.41) is 6.67. The van der Waals surface area contributed by atoms with Crippen LogP contribution in [-0.4, -0.2) is 27.2 Å². The first-order valence-electron chi connectivity index (χ1n) is 7.52. The number of carbonyl (C=O) groups excluding carboxylic acids is 1. The fraction of sp³-hybridized carbons (Fsp3) is 0.235. The van der Waals surface area contributed by atoms with Crippen molar-refractivity contribution in [1.82, 2.24) is 20.0 Å². The number of hydrogen-bond acceptors (Lipinski definition) is 4. The van der Waals surface area contributed by atoms with E-state index >= 15 is 0 Å². The summed E-state index contributed by atoms with van der Waals surface area (Å²) >= 11 is 0. The molecular formula is C17H17FN4O2. The number of halogens is 1. The van der Waals surface area contributed by atoms with Gasteiger partial charge in [-0.3, -0.25) is 4.79 Å². The highest BCUT2D eigenvalue weighted by Crippen LogP contribution is 2.27. The lowest BCUT2D eigenvalue weighted by atomic mass is 10.1. The zero-order valence-electron chi connectivity index (χ0n) is 13.4. The van der Waals surface area contributed by atoms with Gasteiger partial charge in [-0.15, -0.1) is 0 Å². The number of amides is 1. The molecule has 0 radical (unpaired) electrons. The SMILES string of the molecule is Cc1onc(-c2ccccc2F)c1C(=O)NCCc1cncn1C. The van der Waals surface area contributed by atoms with Crippen LogP contribution < -0.4 is 5.32 Å². The van der Waals surface area contributed by atoms with Gasteiger partial charge >= 0.3 is 0 Å². The Bertz CT molecular complexity index is 869. The van der Waals surface area contributed by atoms with Crippen LogP contribution in [0.1, 0.15) is 21.8 Å². The first-order chi connectivity index (χ1) is 11.6. The minimum absolute atomic E-state index is 0.212. The highest BCUT2D eigenvalue weighted by Gasteiger charge is 2.23. The summed E-state index contributed by atoms with van der Waals surface area (Å²) in [5.74, 6) is -0.435. The first kappa shape index (κ1) is 15.9. The molecule has 0 unspecified atom stereocenters. The number of aromatic nitrogens is 3. The van der Waals surface area contributed by atoms with Gasteiger partial charge in [0.05, 0.1) is 6.33 Å². The Hall–Kier alpha value is -2.96. The summed E-state index contributed by atoms with van der Waals surface area (Å²) in [6.45, 7) is 2.06. The molecule has 0 spiro atoms. The maximum absolute atomic E-state index is 14.0. The van der Waals surface area contributed by atoms with E-state index in [4.69, 9.17) is 4.52 Å². The van der Waals surface area contributed by atoms with Gasteiger partial charge in [0, 0.05) is 37.5 Å². The zero-order chi connectivity index (χ0) is 17.1. The molecule has 24 heavy (non-hydrogen) atoms. The van der Waals surface area contributed by atoms with Crippen molar-refractivity contribution >= 4 is 5.91 Å². The topological polar surface area (TPSA) is 73.0 Å². The highest BCUT2D eigenvalue weighted by atomic mass is 19.1. The number of hydrogen-bond donors (Lipinski definition) is 1. The van der Waals surface area contributed by atoms with Gasteiger partial charge in [-0.05, 0) is 19.1 Å². The second-order valence-corrected chi connectivity index (χ2v) is 5.44. The summed E-state index contributed by atoms with van der Waals surface area (Å²) in [7, 11) is 1.89. The Morgan fingerprint density at radius 1 is 1.38 bits per heavy atom. The number of nitrogens with one attached hydrogen (secondary N) is 1. The van der Waals surface area contributed by atoms with E-state index in [9.17, 15) is 9.18 Å². The lowest BCUT2D eigenvalue weighted by Crippen LogP contribution is -2.27. The largest absolute Gasteiger partial charge is 0.360 e. The van der Waals surface area contributed by atoms with Crippen molar-refractivity contribution in [1.29, 1.82) is 0 Å². The molecule has 0 aliphatic heterocycles. The smallest absolute Gasteiger partial charge is 0.257 e. The summed E-state index contributed by atoms with van der Waals surface area (Å²) in [4.78, 5) is 16.5. The number of nitrogens with zero attached hydrogens (tertiary/aromatic N) is 3. The maximum atomic E-state index is 14.0. The molecule has 0 aliphatic rings. The van der Waals surface area contributed by atoms with Gasteiger partial charge in [0.2, 0.25) is 0 Å². The van der Waals surface area contributed by atoms with E-state index in [0.29, 0.717) is 18.7 Å². The Balaban J connectivity index is 1.77. The van der Waals surface area contributed by atoms with E-state index in [1.807, 2.05) is 11.6 Å². The molecule has 1 N–H and O–H groups in total. The molecule has 6 nitrogen and oxygen atoms in total. The zero-order valence-corrected chi connectivity index (χ0v) is 13.4. The van der Waals surface area contributed by atoms with Crippen molar-refractivity contribution in [3.63, 3.8) is 0 Å². The number of benzene rings is 1. The summed E-state index contributed by atoms with van der Waals surface area (Å²) in [6.07, 6.45) is 4.10. The number of carbonyl (C=O) groups is 1. The number of aryl methyl sites for hydroxylation is 2. The average molecular weight is 328 g/mol. The monoisotopic (exact) mass is 328 g/mol. The van der Waals surface area contributed by atoms with Crippen LogP contribution in [-0.2, 0) is 13.5 Å². The molecular weight excluding hydrogens is 311 g/mol. The quantitative estimate of drug-likeness (QED) is 0.781. The molecule has 124 valence electrons. The van der Waals surface area contributed by atoms with Crippen LogP contribution in [0, 0.1) is 12.7 Å². The average Bonchev–Trinajstić information content (AvgIpc) is 3.14. The van der Waals surface area contributed by atoms with Crippen LogP contribution >= 0.6 is 0 Å². The lowest BCUT2D eigenvalue weighted by molar-refractivity contribution is 0.0953. The summed E-state index contributed by atoms with van der Waals surface area (Å²) in [6, 6.07) is 6.16. The summed E-state index contributed by atoms with van der Waals surface area (Å²) < 4.78 is 21.0. The van der Waals surface area contributed by atoms with Gasteiger partial charge in [-0.2, -0.15) is 0 Å². The van der Waals surface area contributed by atoms with E-state index in [1.165, 1.54) is 6.07 Å². The molecule has 0 atom stereocenters. The van der Waals surface area contributed by atoms with E-state index in [-0.39, 0.29) is 22.7 Å².